The third-order valence-electron chi connectivity index (χ3n) is 5.54. The van der Waals surface area contributed by atoms with Crippen LogP contribution < -0.4 is 0 Å². The quantitative estimate of drug-likeness (QED) is 0.810. The van der Waals surface area contributed by atoms with E-state index in [1.165, 1.54) is 36.2 Å². The third kappa shape index (κ3) is 2.08. The van der Waals surface area contributed by atoms with Gasteiger partial charge in [0.15, 0.2) is 5.13 Å². The molecular formula is C18H20FNOS. The highest BCUT2D eigenvalue weighted by molar-refractivity contribution is 7.17. The first-order chi connectivity index (χ1) is 10.5. The van der Waals surface area contributed by atoms with E-state index in [2.05, 4.69) is 12.1 Å². The monoisotopic (exact) mass is 317 g/mol. The molecule has 1 aromatic heterocycles. The van der Waals surface area contributed by atoms with Crippen LogP contribution >= 0.6 is 11.3 Å². The van der Waals surface area contributed by atoms with Crippen molar-refractivity contribution in [3.8, 4) is 0 Å². The first-order valence-electron chi connectivity index (χ1n) is 7.95. The SMILES string of the molecule is CN(C)C(=O)C1C2CCC(C2)C1c1ccc2sc(F)cc2c1. The predicted octanol–water partition coefficient (Wildman–Crippen LogP) is 4.26. The Bertz CT molecular complexity index is 738. The molecule has 4 unspecified atom stereocenters. The molecule has 4 heteroatoms. The van der Waals surface area contributed by atoms with Gasteiger partial charge in [-0.15, -0.1) is 11.3 Å². The molecule has 0 saturated heterocycles. The van der Waals surface area contributed by atoms with Crippen molar-refractivity contribution < 1.29 is 9.18 Å². The second-order valence-electron chi connectivity index (χ2n) is 6.97. The maximum Gasteiger partial charge on any atom is 0.226 e. The van der Waals surface area contributed by atoms with Gasteiger partial charge in [-0.2, -0.15) is 4.39 Å². The maximum absolute atomic E-state index is 13.4. The molecule has 2 aromatic rings. The highest BCUT2D eigenvalue weighted by Crippen LogP contribution is 2.57. The fourth-order valence-corrected chi connectivity index (χ4v) is 5.43. The first-order valence-corrected chi connectivity index (χ1v) is 8.76. The number of hydrogen-bond donors (Lipinski definition) is 0. The summed E-state index contributed by atoms with van der Waals surface area (Å²) in [6.07, 6.45) is 3.58. The van der Waals surface area contributed by atoms with Gasteiger partial charge < -0.3 is 4.90 Å². The van der Waals surface area contributed by atoms with Crippen LogP contribution in [-0.4, -0.2) is 24.9 Å². The molecule has 2 bridgehead atoms. The molecule has 22 heavy (non-hydrogen) atoms. The minimum Gasteiger partial charge on any atom is -0.349 e. The molecule has 2 nitrogen and oxygen atoms in total. The fraction of sp³-hybridized carbons (Fsp3) is 0.500. The lowest BCUT2D eigenvalue weighted by atomic mass is 9.74. The van der Waals surface area contributed by atoms with Gasteiger partial charge in [0.05, 0.1) is 0 Å². The average Bonchev–Trinajstić information content (AvgIpc) is 3.17. The molecule has 2 aliphatic carbocycles. The third-order valence-corrected chi connectivity index (χ3v) is 6.44. The lowest BCUT2D eigenvalue weighted by molar-refractivity contribution is -0.135. The molecule has 1 aromatic carbocycles. The van der Waals surface area contributed by atoms with E-state index in [9.17, 15) is 9.18 Å². The van der Waals surface area contributed by atoms with Crippen molar-refractivity contribution >= 4 is 27.3 Å². The Morgan fingerprint density at radius 2 is 2.00 bits per heavy atom. The number of thiophene rings is 1. The summed E-state index contributed by atoms with van der Waals surface area (Å²) in [7, 11) is 3.70. The molecule has 0 N–H and O–H groups in total. The zero-order valence-corrected chi connectivity index (χ0v) is 13.7. The van der Waals surface area contributed by atoms with Gasteiger partial charge in [0.1, 0.15) is 0 Å². The molecule has 1 amide bonds. The van der Waals surface area contributed by atoms with Crippen molar-refractivity contribution in [1.82, 2.24) is 4.90 Å². The molecule has 0 spiro atoms. The van der Waals surface area contributed by atoms with Crippen molar-refractivity contribution in [1.29, 1.82) is 0 Å². The van der Waals surface area contributed by atoms with E-state index >= 15 is 0 Å². The summed E-state index contributed by atoms with van der Waals surface area (Å²) in [5, 5.41) is 0.833. The van der Waals surface area contributed by atoms with Crippen molar-refractivity contribution in [2.24, 2.45) is 17.8 Å². The molecule has 2 saturated carbocycles. The summed E-state index contributed by atoms with van der Waals surface area (Å²) in [6, 6.07) is 7.84. The second kappa shape index (κ2) is 5.05. The van der Waals surface area contributed by atoms with Crippen LogP contribution in [0.2, 0.25) is 0 Å². The van der Waals surface area contributed by atoms with Gasteiger partial charge in [0.2, 0.25) is 5.91 Å². The largest absolute Gasteiger partial charge is 0.349 e. The highest BCUT2D eigenvalue weighted by atomic mass is 32.1. The van der Waals surface area contributed by atoms with Crippen LogP contribution in [-0.2, 0) is 4.79 Å². The van der Waals surface area contributed by atoms with E-state index in [4.69, 9.17) is 0 Å². The summed E-state index contributed by atoms with van der Waals surface area (Å²) in [5.41, 5.74) is 1.22. The van der Waals surface area contributed by atoms with Crippen LogP contribution in [0.5, 0.6) is 0 Å². The lowest BCUT2D eigenvalue weighted by Gasteiger charge is -2.32. The summed E-state index contributed by atoms with van der Waals surface area (Å²) in [5.74, 6) is 1.81. The molecule has 4 rings (SSSR count). The number of halogens is 1. The number of carbonyl (C=O) groups excluding carboxylic acids is 1. The molecule has 0 radical (unpaired) electrons. The zero-order valence-electron chi connectivity index (χ0n) is 12.9. The van der Waals surface area contributed by atoms with E-state index in [-0.39, 0.29) is 17.0 Å². The summed E-state index contributed by atoms with van der Waals surface area (Å²) in [4.78, 5) is 14.4. The Hall–Kier alpha value is -1.42. The molecule has 116 valence electrons. The maximum atomic E-state index is 13.4. The van der Waals surface area contributed by atoms with Gasteiger partial charge in [-0.05, 0) is 66.2 Å². The van der Waals surface area contributed by atoms with Gasteiger partial charge in [-0.25, -0.2) is 0 Å². The summed E-state index contributed by atoms with van der Waals surface area (Å²) >= 11 is 1.19. The number of rotatable bonds is 2. The molecule has 1 heterocycles. The lowest BCUT2D eigenvalue weighted by Crippen LogP contribution is -2.36. The van der Waals surface area contributed by atoms with Crippen molar-refractivity contribution in [2.75, 3.05) is 14.1 Å². The Morgan fingerprint density at radius 3 is 2.77 bits per heavy atom. The molecular weight excluding hydrogens is 297 g/mol. The Balaban J connectivity index is 1.75. The Morgan fingerprint density at radius 1 is 1.23 bits per heavy atom. The minimum atomic E-state index is -0.138. The van der Waals surface area contributed by atoms with Crippen LogP contribution in [0.25, 0.3) is 10.1 Å². The normalized spacial score (nSPS) is 30.1. The van der Waals surface area contributed by atoms with Gasteiger partial charge in [0.25, 0.3) is 0 Å². The van der Waals surface area contributed by atoms with E-state index < -0.39 is 0 Å². The van der Waals surface area contributed by atoms with Gasteiger partial charge in [-0.1, -0.05) is 6.07 Å². The highest BCUT2D eigenvalue weighted by Gasteiger charge is 2.51. The standard InChI is InChI=1S/C18H20FNOS/c1-20(2)18(21)17-12-4-3-10(7-12)16(17)11-5-6-14-13(8-11)9-15(19)22-14/h5-6,8-10,12,16-17H,3-4,7H2,1-2H3. The van der Waals surface area contributed by atoms with E-state index in [1.807, 2.05) is 20.2 Å². The van der Waals surface area contributed by atoms with Gasteiger partial charge in [-0.3, -0.25) is 4.79 Å². The fourth-order valence-electron chi connectivity index (χ4n) is 4.66. The van der Waals surface area contributed by atoms with Crippen LogP contribution in [0.4, 0.5) is 4.39 Å². The average molecular weight is 317 g/mol. The summed E-state index contributed by atoms with van der Waals surface area (Å²) < 4.78 is 14.4. The number of amides is 1. The van der Waals surface area contributed by atoms with E-state index in [0.29, 0.717) is 17.8 Å². The Kier molecular flexibility index (Phi) is 3.26. The van der Waals surface area contributed by atoms with Crippen LogP contribution in [0.3, 0.4) is 0 Å². The van der Waals surface area contributed by atoms with Gasteiger partial charge >= 0.3 is 0 Å². The number of hydrogen-bond acceptors (Lipinski definition) is 2. The number of carbonyl (C=O) groups is 1. The summed E-state index contributed by atoms with van der Waals surface area (Å²) in [6.45, 7) is 0. The molecule has 0 aliphatic heterocycles. The smallest absolute Gasteiger partial charge is 0.226 e. The van der Waals surface area contributed by atoms with E-state index in [0.717, 1.165) is 10.1 Å². The number of fused-ring (bicyclic) bond motifs is 3. The predicted molar refractivity (Wildman–Crippen MR) is 87.5 cm³/mol. The van der Waals surface area contributed by atoms with Crippen molar-refractivity contribution in [3.63, 3.8) is 0 Å². The van der Waals surface area contributed by atoms with Crippen LogP contribution in [0.1, 0.15) is 30.7 Å². The first kappa shape index (κ1) is 14.2. The topological polar surface area (TPSA) is 20.3 Å². The molecule has 2 aliphatic rings. The number of benzene rings is 1. The van der Waals surface area contributed by atoms with E-state index in [1.54, 1.807) is 11.0 Å². The van der Waals surface area contributed by atoms with Crippen molar-refractivity contribution in [3.05, 3.63) is 35.0 Å². The zero-order chi connectivity index (χ0) is 15.4. The Labute approximate surface area is 133 Å². The minimum absolute atomic E-state index is 0.106. The number of nitrogens with zero attached hydrogens (tertiary/aromatic N) is 1. The van der Waals surface area contributed by atoms with Crippen LogP contribution in [0, 0.1) is 22.9 Å². The van der Waals surface area contributed by atoms with Crippen molar-refractivity contribution in [2.45, 2.75) is 25.2 Å². The molecule has 2 fully saturated rings. The second-order valence-corrected chi connectivity index (χ2v) is 8.00. The van der Waals surface area contributed by atoms with Crippen LogP contribution in [0.15, 0.2) is 24.3 Å². The molecule has 4 atom stereocenters. The van der Waals surface area contributed by atoms with Gasteiger partial charge in [0, 0.05) is 24.7 Å².